The lowest BCUT2D eigenvalue weighted by Crippen LogP contribution is -2.25. The molecule has 1 unspecified atom stereocenters. The number of hydrogen-bond donors (Lipinski definition) is 0. The summed E-state index contributed by atoms with van der Waals surface area (Å²) in [6, 6.07) is 17.5. The van der Waals surface area contributed by atoms with Crippen molar-refractivity contribution in [2.75, 3.05) is 33.4 Å². The smallest absolute Gasteiger partial charge is 0.119 e. The third-order valence-electron chi connectivity index (χ3n) is 6.75. The van der Waals surface area contributed by atoms with E-state index in [0.717, 1.165) is 24.7 Å². The van der Waals surface area contributed by atoms with Crippen molar-refractivity contribution >= 4 is 22.2 Å². The molecule has 4 aliphatic rings. The zero-order chi connectivity index (χ0) is 21.5. The van der Waals surface area contributed by atoms with Gasteiger partial charge in [-0.3, -0.25) is 4.90 Å². The van der Waals surface area contributed by atoms with Gasteiger partial charge in [-0.25, -0.2) is 0 Å². The summed E-state index contributed by atoms with van der Waals surface area (Å²) in [5, 5.41) is 2.99. The first-order valence-corrected chi connectivity index (χ1v) is 12.3. The highest BCUT2D eigenvalue weighted by Gasteiger charge is 2.35. The molecule has 1 fully saturated rings. The van der Waals surface area contributed by atoms with Crippen molar-refractivity contribution in [2.45, 2.75) is 18.1 Å². The molecule has 0 bridgehead atoms. The van der Waals surface area contributed by atoms with Crippen LogP contribution in [-0.2, 0) is 4.74 Å². The minimum absolute atomic E-state index is 0.316. The maximum absolute atomic E-state index is 6.05. The Morgan fingerprint density at radius 1 is 0.938 bits per heavy atom. The first-order valence-electron chi connectivity index (χ1n) is 11.5. The largest absolute Gasteiger partial charge is 0.497 e. The molecule has 6 rings (SSSR count). The van der Waals surface area contributed by atoms with Crippen LogP contribution in [0.5, 0.6) is 5.75 Å². The Morgan fingerprint density at radius 3 is 2.50 bits per heavy atom. The minimum atomic E-state index is 0.316. The number of methoxy groups -OCH3 is 1. The highest BCUT2D eigenvalue weighted by Crippen LogP contribution is 2.51. The van der Waals surface area contributed by atoms with E-state index in [4.69, 9.17) is 9.47 Å². The molecule has 4 heteroatoms. The van der Waals surface area contributed by atoms with Crippen LogP contribution in [0.1, 0.15) is 18.4 Å². The molecule has 0 N–H and O–H groups in total. The second-order valence-corrected chi connectivity index (χ2v) is 9.80. The molecule has 2 aromatic rings. The predicted molar refractivity (Wildman–Crippen MR) is 132 cm³/mol. The second-order valence-electron chi connectivity index (χ2n) is 8.65. The number of fused-ring (bicyclic) bond motifs is 3. The summed E-state index contributed by atoms with van der Waals surface area (Å²) in [7, 11) is 1.74. The van der Waals surface area contributed by atoms with Crippen molar-refractivity contribution in [3.63, 3.8) is 0 Å². The molecule has 162 valence electrons. The molecule has 2 heterocycles. The average molecular weight is 442 g/mol. The summed E-state index contributed by atoms with van der Waals surface area (Å²) < 4.78 is 11.5. The fourth-order valence-electron chi connectivity index (χ4n) is 5.14. The van der Waals surface area contributed by atoms with E-state index in [9.17, 15) is 0 Å². The topological polar surface area (TPSA) is 21.7 Å². The van der Waals surface area contributed by atoms with Gasteiger partial charge in [0.2, 0.25) is 0 Å². The summed E-state index contributed by atoms with van der Waals surface area (Å²) in [4.78, 5) is 3.88. The lowest BCUT2D eigenvalue weighted by molar-refractivity contribution is 0.238. The van der Waals surface area contributed by atoms with Gasteiger partial charge in [-0.15, -0.1) is 11.8 Å². The molecule has 0 spiro atoms. The van der Waals surface area contributed by atoms with Gasteiger partial charge in [-0.1, -0.05) is 42.5 Å². The van der Waals surface area contributed by atoms with Gasteiger partial charge < -0.3 is 9.47 Å². The molecule has 0 amide bonds. The van der Waals surface area contributed by atoms with Crippen LogP contribution in [0.15, 0.2) is 83.7 Å². The highest BCUT2D eigenvalue weighted by atomic mass is 32.2. The van der Waals surface area contributed by atoms with E-state index in [-0.39, 0.29) is 0 Å². The van der Waals surface area contributed by atoms with E-state index in [1.807, 2.05) is 11.8 Å². The first-order chi connectivity index (χ1) is 15.8. The van der Waals surface area contributed by atoms with Crippen LogP contribution >= 0.6 is 11.8 Å². The van der Waals surface area contributed by atoms with E-state index in [1.165, 1.54) is 63.6 Å². The number of nitrogens with zero attached hydrogens (tertiary/aromatic N) is 1. The summed E-state index contributed by atoms with van der Waals surface area (Å²) in [6.45, 7) is 4.20. The Morgan fingerprint density at radius 2 is 1.72 bits per heavy atom. The number of allylic oxidation sites excluding steroid dienone is 2. The normalized spacial score (nSPS) is 21.5. The zero-order valence-corrected chi connectivity index (χ0v) is 19.2. The molecule has 2 aromatic carbocycles. The number of hydrogen-bond acceptors (Lipinski definition) is 4. The summed E-state index contributed by atoms with van der Waals surface area (Å²) >= 11 is 1.94. The van der Waals surface area contributed by atoms with Crippen molar-refractivity contribution in [1.82, 2.24) is 4.90 Å². The van der Waals surface area contributed by atoms with Gasteiger partial charge in [0.05, 0.1) is 12.4 Å². The average Bonchev–Trinajstić information content (AvgIpc) is 3.55. The fourth-order valence-corrected chi connectivity index (χ4v) is 6.57. The lowest BCUT2D eigenvalue weighted by atomic mass is 9.92. The van der Waals surface area contributed by atoms with Crippen LogP contribution in [0.4, 0.5) is 0 Å². The van der Waals surface area contributed by atoms with Crippen molar-refractivity contribution in [3.8, 4) is 5.75 Å². The van der Waals surface area contributed by atoms with Crippen LogP contribution in [0.25, 0.3) is 10.5 Å². The number of likely N-dealkylation sites (tertiary alicyclic amines) is 1. The molecule has 32 heavy (non-hydrogen) atoms. The van der Waals surface area contributed by atoms with Gasteiger partial charge in [0.25, 0.3) is 0 Å². The van der Waals surface area contributed by atoms with Crippen molar-refractivity contribution < 1.29 is 9.47 Å². The molecule has 2 aliphatic carbocycles. The Bertz CT molecular complexity index is 1260. The number of ether oxygens (including phenoxy) is 2. The zero-order valence-electron chi connectivity index (χ0n) is 18.3. The van der Waals surface area contributed by atoms with Gasteiger partial charge >= 0.3 is 0 Å². The van der Waals surface area contributed by atoms with Crippen molar-refractivity contribution in [1.29, 1.82) is 0 Å². The summed E-state index contributed by atoms with van der Waals surface area (Å²) in [5.74, 6) is 1.89. The van der Waals surface area contributed by atoms with Crippen LogP contribution in [0.2, 0.25) is 0 Å². The van der Waals surface area contributed by atoms with Gasteiger partial charge in [-0.05, 0) is 77.4 Å². The second kappa shape index (κ2) is 8.34. The van der Waals surface area contributed by atoms with E-state index >= 15 is 0 Å². The Balaban J connectivity index is 1.32. The molecule has 2 aliphatic heterocycles. The van der Waals surface area contributed by atoms with Gasteiger partial charge in [-0.2, -0.15) is 0 Å². The van der Waals surface area contributed by atoms with Crippen LogP contribution < -0.4 is 15.2 Å². The van der Waals surface area contributed by atoms with Crippen molar-refractivity contribution in [2.24, 2.45) is 0 Å². The van der Waals surface area contributed by atoms with Crippen molar-refractivity contribution in [3.05, 3.63) is 99.7 Å². The molecule has 3 nitrogen and oxygen atoms in total. The van der Waals surface area contributed by atoms with Crippen LogP contribution in [0.3, 0.4) is 0 Å². The molecule has 0 saturated carbocycles. The lowest BCUT2D eigenvalue weighted by Gasteiger charge is -2.16. The third-order valence-corrected chi connectivity index (χ3v) is 8.06. The molecule has 1 saturated heterocycles. The van der Waals surface area contributed by atoms with E-state index in [2.05, 4.69) is 71.7 Å². The van der Waals surface area contributed by atoms with Crippen LogP contribution in [-0.4, -0.2) is 43.5 Å². The summed E-state index contributed by atoms with van der Waals surface area (Å²) in [6.07, 6.45) is 9.20. The molecule has 1 atom stereocenters. The highest BCUT2D eigenvalue weighted by molar-refractivity contribution is 8.09. The molecular weight excluding hydrogens is 414 g/mol. The molecule has 0 aromatic heterocycles. The minimum Gasteiger partial charge on any atom is -0.497 e. The Kier molecular flexibility index (Phi) is 5.20. The molecular formula is C28H27NO2S. The standard InChI is InChI=1S/C28H27NO2S/c1-30-21-12-13-24-25(18-21)32-28-23-7-3-2-6-22(23)26(27(24)28)19-8-10-20(11-9-19)31-17-16-29-14-4-5-15-29/h2-3,6-13,18,25H,4-5,14-17H2,1H3. The Labute approximate surface area is 193 Å². The maximum atomic E-state index is 6.05. The predicted octanol–water partition coefficient (Wildman–Crippen LogP) is 3.99. The molecule has 0 radical (unpaired) electrons. The number of rotatable bonds is 6. The van der Waals surface area contributed by atoms with E-state index < -0.39 is 0 Å². The van der Waals surface area contributed by atoms with Gasteiger partial charge in [0.1, 0.15) is 18.1 Å². The monoisotopic (exact) mass is 441 g/mol. The van der Waals surface area contributed by atoms with Gasteiger partial charge in [0, 0.05) is 17.0 Å². The quantitative estimate of drug-likeness (QED) is 0.676. The third kappa shape index (κ3) is 3.42. The first kappa shape index (κ1) is 20.0. The SMILES string of the molecule is COC1=CC2SC3=c4ccccc4=C(c4ccc(OCCN5CCCC5)cc4)C3=C2C=C1. The van der Waals surface area contributed by atoms with Crippen LogP contribution in [0, 0.1) is 0 Å². The Hall–Kier alpha value is -2.69. The fraction of sp³-hybridized carbons (Fsp3) is 0.286. The summed E-state index contributed by atoms with van der Waals surface area (Å²) in [5.41, 5.74) is 5.34. The number of benzene rings is 2. The van der Waals surface area contributed by atoms with E-state index in [0.29, 0.717) is 5.25 Å². The van der Waals surface area contributed by atoms with Gasteiger partial charge in [0.15, 0.2) is 0 Å². The number of thioether (sulfide) groups is 1. The van der Waals surface area contributed by atoms with E-state index in [1.54, 1.807) is 7.11 Å². The maximum Gasteiger partial charge on any atom is 0.119 e.